The molecule has 4 heteroatoms. The van der Waals surface area contributed by atoms with Gasteiger partial charge in [-0.3, -0.25) is 4.79 Å². The number of rotatable bonds is 5. The Morgan fingerprint density at radius 3 is 2.40 bits per heavy atom. The zero-order valence-corrected chi connectivity index (χ0v) is 15.1. The summed E-state index contributed by atoms with van der Waals surface area (Å²) < 4.78 is 2.96. The Hall–Kier alpha value is -0.770. The average Bonchev–Trinajstić information content (AvgIpc) is 2.55. The van der Waals surface area contributed by atoms with E-state index in [1.54, 1.807) is 0 Å². The second-order valence-corrected chi connectivity index (χ2v) is 8.23. The standard InChI is InChI=1S/C16H27BrN2O/c1-7-8-19-10-12(17)9-13(19)14(20)18-16(5,6)11-15(2,3)4/h9-10H,7-8,11H2,1-6H3,(H,18,20). The molecule has 114 valence electrons. The zero-order valence-electron chi connectivity index (χ0n) is 13.5. The highest BCUT2D eigenvalue weighted by Gasteiger charge is 2.28. The molecule has 1 rings (SSSR count). The monoisotopic (exact) mass is 342 g/mol. The molecule has 1 heterocycles. The maximum atomic E-state index is 12.5. The molecular weight excluding hydrogens is 316 g/mol. The molecule has 0 aliphatic heterocycles. The molecule has 0 aliphatic rings. The highest BCUT2D eigenvalue weighted by atomic mass is 79.9. The van der Waals surface area contributed by atoms with Gasteiger partial charge in [-0.2, -0.15) is 0 Å². The van der Waals surface area contributed by atoms with Gasteiger partial charge in [-0.25, -0.2) is 0 Å². The van der Waals surface area contributed by atoms with Gasteiger partial charge in [-0.05, 0) is 54.1 Å². The Morgan fingerprint density at radius 1 is 1.30 bits per heavy atom. The maximum Gasteiger partial charge on any atom is 0.268 e. The third-order valence-corrected chi connectivity index (χ3v) is 3.42. The van der Waals surface area contributed by atoms with E-state index in [-0.39, 0.29) is 16.9 Å². The van der Waals surface area contributed by atoms with Crippen LogP contribution >= 0.6 is 15.9 Å². The smallest absolute Gasteiger partial charge is 0.268 e. The Bertz CT molecular complexity index is 469. The molecule has 0 aromatic carbocycles. The molecule has 1 N–H and O–H groups in total. The number of carbonyl (C=O) groups is 1. The summed E-state index contributed by atoms with van der Waals surface area (Å²) in [6.07, 6.45) is 3.91. The first-order chi connectivity index (χ1) is 9.04. The molecule has 0 saturated carbocycles. The number of nitrogens with one attached hydrogen (secondary N) is 1. The van der Waals surface area contributed by atoms with Gasteiger partial charge >= 0.3 is 0 Å². The Balaban J connectivity index is 2.85. The topological polar surface area (TPSA) is 34.0 Å². The summed E-state index contributed by atoms with van der Waals surface area (Å²) in [6.45, 7) is 13.7. The van der Waals surface area contributed by atoms with Crippen LogP contribution in [0.15, 0.2) is 16.7 Å². The Kier molecular flexibility index (Phi) is 5.47. The summed E-state index contributed by atoms with van der Waals surface area (Å²) >= 11 is 3.45. The largest absolute Gasteiger partial charge is 0.346 e. The number of nitrogens with zero attached hydrogens (tertiary/aromatic N) is 1. The minimum Gasteiger partial charge on any atom is -0.346 e. The van der Waals surface area contributed by atoms with E-state index in [9.17, 15) is 4.79 Å². The van der Waals surface area contributed by atoms with Crippen LogP contribution in [0.4, 0.5) is 0 Å². The van der Waals surface area contributed by atoms with Crippen LogP contribution in [0.25, 0.3) is 0 Å². The molecule has 0 bridgehead atoms. The number of amides is 1. The minimum absolute atomic E-state index is 0.00148. The van der Waals surface area contributed by atoms with Crippen molar-refractivity contribution >= 4 is 21.8 Å². The van der Waals surface area contributed by atoms with Gasteiger partial charge in [0.25, 0.3) is 5.91 Å². The summed E-state index contributed by atoms with van der Waals surface area (Å²) in [5.41, 5.74) is 0.687. The minimum atomic E-state index is -0.219. The summed E-state index contributed by atoms with van der Waals surface area (Å²) in [5.74, 6) is -0.00148. The highest BCUT2D eigenvalue weighted by molar-refractivity contribution is 9.10. The summed E-state index contributed by atoms with van der Waals surface area (Å²) in [7, 11) is 0. The van der Waals surface area contributed by atoms with Gasteiger partial charge in [0, 0.05) is 22.8 Å². The lowest BCUT2D eigenvalue weighted by Gasteiger charge is -2.33. The van der Waals surface area contributed by atoms with E-state index in [1.807, 2.05) is 16.8 Å². The van der Waals surface area contributed by atoms with E-state index >= 15 is 0 Å². The first-order valence-electron chi connectivity index (χ1n) is 7.22. The fourth-order valence-corrected chi connectivity index (χ4v) is 3.30. The first-order valence-corrected chi connectivity index (χ1v) is 8.01. The molecule has 0 saturated heterocycles. The molecule has 1 aromatic rings. The maximum absolute atomic E-state index is 12.5. The van der Waals surface area contributed by atoms with Gasteiger partial charge in [0.15, 0.2) is 0 Å². The molecule has 1 amide bonds. The van der Waals surface area contributed by atoms with Gasteiger partial charge in [0.2, 0.25) is 0 Å². The van der Waals surface area contributed by atoms with Gasteiger partial charge < -0.3 is 9.88 Å². The molecule has 0 spiro atoms. The average molecular weight is 343 g/mol. The van der Waals surface area contributed by atoms with Crippen LogP contribution in [0.3, 0.4) is 0 Å². The number of carbonyl (C=O) groups excluding carboxylic acids is 1. The number of aryl methyl sites for hydroxylation is 1. The van der Waals surface area contributed by atoms with Gasteiger partial charge in [-0.1, -0.05) is 27.7 Å². The predicted molar refractivity (Wildman–Crippen MR) is 88.0 cm³/mol. The van der Waals surface area contributed by atoms with Crippen LogP contribution in [-0.2, 0) is 6.54 Å². The normalized spacial score (nSPS) is 12.6. The molecule has 0 unspecified atom stereocenters. The molecule has 20 heavy (non-hydrogen) atoms. The van der Waals surface area contributed by atoms with Crippen molar-refractivity contribution < 1.29 is 4.79 Å². The Morgan fingerprint density at radius 2 is 1.90 bits per heavy atom. The van der Waals surface area contributed by atoms with Crippen molar-refractivity contribution in [3.8, 4) is 0 Å². The van der Waals surface area contributed by atoms with Gasteiger partial charge in [0.1, 0.15) is 5.69 Å². The van der Waals surface area contributed by atoms with Crippen molar-refractivity contribution in [1.29, 1.82) is 0 Å². The van der Waals surface area contributed by atoms with E-state index in [2.05, 4.69) is 62.8 Å². The summed E-state index contributed by atoms with van der Waals surface area (Å²) in [4.78, 5) is 12.5. The fourth-order valence-electron chi connectivity index (χ4n) is 2.83. The van der Waals surface area contributed by atoms with Crippen molar-refractivity contribution in [2.75, 3.05) is 0 Å². The molecule has 3 nitrogen and oxygen atoms in total. The molecule has 1 aromatic heterocycles. The van der Waals surface area contributed by atoms with Crippen molar-refractivity contribution in [2.24, 2.45) is 5.41 Å². The van der Waals surface area contributed by atoms with Crippen molar-refractivity contribution in [2.45, 2.75) is 66.5 Å². The van der Waals surface area contributed by atoms with Gasteiger partial charge in [-0.15, -0.1) is 0 Å². The number of aromatic nitrogens is 1. The third-order valence-electron chi connectivity index (χ3n) is 2.98. The molecule has 0 aliphatic carbocycles. The van der Waals surface area contributed by atoms with Crippen LogP contribution in [0.5, 0.6) is 0 Å². The number of halogens is 1. The van der Waals surface area contributed by atoms with Crippen molar-refractivity contribution in [3.63, 3.8) is 0 Å². The van der Waals surface area contributed by atoms with E-state index in [4.69, 9.17) is 0 Å². The number of hydrogen-bond acceptors (Lipinski definition) is 1. The third kappa shape index (κ3) is 5.31. The van der Waals surface area contributed by atoms with Crippen LogP contribution < -0.4 is 5.32 Å². The van der Waals surface area contributed by atoms with Crippen LogP contribution in [0.2, 0.25) is 0 Å². The summed E-state index contributed by atoms with van der Waals surface area (Å²) in [5, 5.41) is 3.16. The molecular formula is C16H27BrN2O. The van der Waals surface area contributed by atoms with Gasteiger partial charge in [0.05, 0.1) is 0 Å². The van der Waals surface area contributed by atoms with E-state index in [1.165, 1.54) is 0 Å². The SMILES string of the molecule is CCCn1cc(Br)cc1C(=O)NC(C)(C)CC(C)(C)C. The predicted octanol–water partition coefficient (Wildman–Crippen LogP) is 4.61. The highest BCUT2D eigenvalue weighted by Crippen LogP contribution is 2.27. The zero-order chi connectivity index (χ0) is 15.6. The number of hydrogen-bond donors (Lipinski definition) is 1. The quantitative estimate of drug-likeness (QED) is 0.833. The van der Waals surface area contributed by atoms with Crippen LogP contribution in [-0.4, -0.2) is 16.0 Å². The molecule has 0 fully saturated rings. The van der Waals surface area contributed by atoms with E-state index < -0.39 is 0 Å². The van der Waals surface area contributed by atoms with Crippen LogP contribution in [0, 0.1) is 5.41 Å². The lowest BCUT2D eigenvalue weighted by molar-refractivity contribution is 0.0881. The summed E-state index contributed by atoms with van der Waals surface area (Å²) in [6, 6.07) is 1.89. The van der Waals surface area contributed by atoms with Crippen molar-refractivity contribution in [1.82, 2.24) is 9.88 Å². The second kappa shape index (κ2) is 6.33. The fraction of sp³-hybridized carbons (Fsp3) is 0.688. The molecule has 0 atom stereocenters. The Labute approximate surface area is 131 Å². The van der Waals surface area contributed by atoms with E-state index in [0.717, 1.165) is 29.6 Å². The first kappa shape index (κ1) is 17.3. The second-order valence-electron chi connectivity index (χ2n) is 7.31. The van der Waals surface area contributed by atoms with Crippen LogP contribution in [0.1, 0.15) is 64.9 Å². The van der Waals surface area contributed by atoms with Crippen molar-refractivity contribution in [3.05, 3.63) is 22.4 Å². The lowest BCUT2D eigenvalue weighted by Crippen LogP contribution is -2.46. The van der Waals surface area contributed by atoms with E-state index in [0.29, 0.717) is 0 Å². The lowest BCUT2D eigenvalue weighted by atomic mass is 9.82. The molecule has 0 radical (unpaired) electrons.